The average Bonchev–Trinajstić information content (AvgIpc) is 2.79. The van der Waals surface area contributed by atoms with E-state index < -0.39 is 11.1 Å². The van der Waals surface area contributed by atoms with Gasteiger partial charge in [-0.3, -0.25) is 4.21 Å². The number of nitrogens with zero attached hydrogens (tertiary/aromatic N) is 3. The summed E-state index contributed by atoms with van der Waals surface area (Å²) in [5.41, 5.74) is 8.12. The van der Waals surface area contributed by atoms with Crippen molar-refractivity contribution in [3.63, 3.8) is 0 Å². The third kappa shape index (κ3) is 4.50. The number of aromatic nitrogens is 2. The van der Waals surface area contributed by atoms with Crippen LogP contribution in [0.2, 0.25) is 5.02 Å². The van der Waals surface area contributed by atoms with Crippen LogP contribution in [-0.4, -0.2) is 38.5 Å². The van der Waals surface area contributed by atoms with E-state index >= 15 is 0 Å². The first-order valence-electron chi connectivity index (χ1n) is 8.24. The molecule has 2 aromatic rings. The Morgan fingerprint density at radius 1 is 1.42 bits per heavy atom. The van der Waals surface area contributed by atoms with Gasteiger partial charge in [-0.05, 0) is 30.5 Å². The lowest BCUT2D eigenvalue weighted by molar-refractivity contribution is 0.134. The molecule has 1 aromatic heterocycles. The van der Waals surface area contributed by atoms with Gasteiger partial charge >= 0.3 is 0 Å². The Morgan fingerprint density at radius 2 is 2.23 bits per heavy atom. The molecule has 2 heterocycles. The molecule has 0 radical (unpaired) electrons. The summed E-state index contributed by atoms with van der Waals surface area (Å²) in [6.07, 6.45) is 0.852. The predicted molar refractivity (Wildman–Crippen MR) is 101 cm³/mol. The maximum Gasteiger partial charge on any atom is 0.222 e. The van der Waals surface area contributed by atoms with Crippen LogP contribution in [-0.2, 0) is 21.6 Å². The number of aryl methyl sites for hydroxylation is 1. The molecule has 9 heteroatoms. The molecule has 0 aliphatic carbocycles. The summed E-state index contributed by atoms with van der Waals surface area (Å²) < 4.78 is 27.6. The fourth-order valence-corrected chi connectivity index (χ4v) is 3.88. The summed E-state index contributed by atoms with van der Waals surface area (Å²) >= 11 is 4.32. The van der Waals surface area contributed by atoms with Gasteiger partial charge < -0.3 is 19.9 Å². The van der Waals surface area contributed by atoms with Crippen molar-refractivity contribution in [2.75, 3.05) is 30.4 Å². The number of nitrogen functional groups attached to an aromatic ring is 1. The molecule has 7 nitrogen and oxygen atoms in total. The highest BCUT2D eigenvalue weighted by atomic mass is 35.5. The lowest BCUT2D eigenvalue weighted by Gasteiger charge is -2.31. The minimum Gasteiger partial charge on any atom is -0.772 e. The second-order valence-electron chi connectivity index (χ2n) is 6.17. The van der Waals surface area contributed by atoms with Crippen molar-refractivity contribution in [1.82, 2.24) is 9.97 Å². The molecular formula is C17H20ClN4O3S-. The van der Waals surface area contributed by atoms with Crippen molar-refractivity contribution in [1.29, 1.82) is 0 Å². The molecule has 1 aliphatic heterocycles. The van der Waals surface area contributed by atoms with Gasteiger partial charge in [-0.15, -0.1) is 0 Å². The van der Waals surface area contributed by atoms with Crippen molar-refractivity contribution >= 4 is 34.4 Å². The van der Waals surface area contributed by atoms with Crippen molar-refractivity contribution in [3.05, 3.63) is 46.1 Å². The largest absolute Gasteiger partial charge is 0.772 e. The molecule has 3 rings (SSSR count). The summed E-state index contributed by atoms with van der Waals surface area (Å²) in [5, 5.41) is 0.507. The van der Waals surface area contributed by atoms with E-state index in [1.807, 2.05) is 19.1 Å². The Hall–Kier alpha value is -1.74. The van der Waals surface area contributed by atoms with Crippen molar-refractivity contribution in [2.45, 2.75) is 25.1 Å². The average molecular weight is 396 g/mol. The number of nitrogens with two attached hydrogens (primary N) is 1. The Kier molecular flexibility index (Phi) is 6.08. The van der Waals surface area contributed by atoms with Gasteiger partial charge in [0.1, 0.15) is 5.82 Å². The summed E-state index contributed by atoms with van der Waals surface area (Å²) in [4.78, 5) is 10.6. The van der Waals surface area contributed by atoms with Crippen LogP contribution in [0.15, 0.2) is 24.3 Å². The molecule has 1 fully saturated rings. The molecule has 0 spiro atoms. The molecule has 2 unspecified atom stereocenters. The first-order chi connectivity index (χ1) is 12.4. The van der Waals surface area contributed by atoms with Gasteiger partial charge in [0.2, 0.25) is 5.95 Å². The Bertz CT molecular complexity index is 800. The van der Waals surface area contributed by atoms with Crippen LogP contribution < -0.4 is 10.6 Å². The lowest BCUT2D eigenvalue weighted by atomic mass is 10.0. The van der Waals surface area contributed by atoms with E-state index in [0.29, 0.717) is 23.8 Å². The third-order valence-electron chi connectivity index (χ3n) is 4.20. The van der Waals surface area contributed by atoms with E-state index in [9.17, 15) is 8.76 Å². The van der Waals surface area contributed by atoms with Crippen LogP contribution in [0.4, 0.5) is 11.8 Å². The van der Waals surface area contributed by atoms with Gasteiger partial charge in [-0.25, -0.2) is 4.98 Å². The van der Waals surface area contributed by atoms with Crippen molar-refractivity contribution in [2.24, 2.45) is 0 Å². The van der Waals surface area contributed by atoms with Crippen LogP contribution in [0.25, 0.3) is 0 Å². The fourth-order valence-electron chi connectivity index (χ4n) is 3.10. The molecule has 2 atom stereocenters. The highest BCUT2D eigenvalue weighted by molar-refractivity contribution is 7.78. The molecule has 0 saturated carbocycles. The zero-order valence-corrected chi connectivity index (χ0v) is 15.9. The van der Waals surface area contributed by atoms with E-state index in [2.05, 4.69) is 14.9 Å². The molecule has 0 bridgehead atoms. The zero-order chi connectivity index (χ0) is 18.7. The standard InChI is InChI=1S/C17H21ClN4O3S/c1-11-7-16(21-17(19)20-11)22-5-2-6-25-9-15(22)13-4-3-12(8-14(13)18)10-26(23)24/h3-4,7-8,15H,2,5-6,9-10H2,1H3,(H,23,24)(H2,19,20,21)/p-1. The summed E-state index contributed by atoms with van der Waals surface area (Å²) in [6.45, 7) is 3.71. The normalized spacial score (nSPS) is 19.2. The van der Waals surface area contributed by atoms with Crippen LogP contribution in [0.3, 0.4) is 0 Å². The number of hydrogen-bond acceptors (Lipinski definition) is 7. The fraction of sp³-hybridized carbons (Fsp3) is 0.412. The smallest absolute Gasteiger partial charge is 0.222 e. The first kappa shape index (κ1) is 19.0. The number of hydrogen-bond donors (Lipinski definition) is 1. The van der Waals surface area contributed by atoms with E-state index in [0.717, 1.165) is 30.0 Å². The van der Waals surface area contributed by atoms with E-state index in [-0.39, 0.29) is 17.7 Å². The maximum absolute atomic E-state index is 10.9. The number of halogens is 1. The molecule has 26 heavy (non-hydrogen) atoms. The van der Waals surface area contributed by atoms with E-state index in [1.54, 1.807) is 12.1 Å². The lowest BCUT2D eigenvalue weighted by Crippen LogP contribution is -2.32. The Morgan fingerprint density at radius 3 is 2.92 bits per heavy atom. The van der Waals surface area contributed by atoms with Crippen LogP contribution in [0.5, 0.6) is 0 Å². The molecule has 0 amide bonds. The van der Waals surface area contributed by atoms with E-state index in [4.69, 9.17) is 22.1 Å². The van der Waals surface area contributed by atoms with Crippen molar-refractivity contribution < 1.29 is 13.5 Å². The zero-order valence-electron chi connectivity index (χ0n) is 14.4. The van der Waals surface area contributed by atoms with Gasteiger partial charge in [-0.1, -0.05) is 34.8 Å². The number of benzene rings is 1. The highest BCUT2D eigenvalue weighted by Crippen LogP contribution is 2.33. The molecule has 1 saturated heterocycles. The number of anilines is 2. The molecule has 1 aromatic carbocycles. The topological polar surface area (TPSA) is 104 Å². The predicted octanol–water partition coefficient (Wildman–Crippen LogP) is 2.37. The van der Waals surface area contributed by atoms with Gasteiger partial charge in [0, 0.05) is 35.7 Å². The summed E-state index contributed by atoms with van der Waals surface area (Å²) in [7, 11) is 0. The second kappa shape index (κ2) is 8.30. The van der Waals surface area contributed by atoms with Crippen LogP contribution in [0.1, 0.15) is 29.3 Å². The van der Waals surface area contributed by atoms with Gasteiger partial charge in [0.05, 0.1) is 12.6 Å². The number of ether oxygens (including phenoxy) is 1. The Balaban J connectivity index is 1.97. The quantitative estimate of drug-likeness (QED) is 0.792. The van der Waals surface area contributed by atoms with Crippen LogP contribution in [0, 0.1) is 6.92 Å². The summed E-state index contributed by atoms with van der Waals surface area (Å²) in [6, 6.07) is 7.06. The minimum absolute atomic E-state index is 0.0630. The maximum atomic E-state index is 10.9. The molecular weight excluding hydrogens is 376 g/mol. The van der Waals surface area contributed by atoms with Gasteiger partial charge in [-0.2, -0.15) is 4.98 Å². The van der Waals surface area contributed by atoms with Crippen molar-refractivity contribution in [3.8, 4) is 0 Å². The van der Waals surface area contributed by atoms with E-state index in [1.165, 1.54) is 0 Å². The Labute approximate surface area is 159 Å². The first-order valence-corrected chi connectivity index (χ1v) is 9.86. The second-order valence-corrected chi connectivity index (χ2v) is 7.47. The monoisotopic (exact) mass is 395 g/mol. The molecule has 140 valence electrons. The third-order valence-corrected chi connectivity index (χ3v) is 5.10. The molecule has 1 aliphatic rings. The molecule has 2 N–H and O–H groups in total. The summed E-state index contributed by atoms with van der Waals surface area (Å²) in [5.74, 6) is 0.890. The number of rotatable bonds is 4. The highest BCUT2D eigenvalue weighted by Gasteiger charge is 2.27. The minimum atomic E-state index is -2.16. The SMILES string of the molecule is Cc1cc(N2CCCOCC2c2ccc(CS(=O)[O-])cc2Cl)nc(N)n1. The van der Waals surface area contributed by atoms with Gasteiger partial charge in [0.15, 0.2) is 0 Å². The van der Waals surface area contributed by atoms with Crippen LogP contribution >= 0.6 is 11.6 Å². The van der Waals surface area contributed by atoms with Gasteiger partial charge in [0.25, 0.3) is 0 Å².